The van der Waals surface area contributed by atoms with E-state index in [9.17, 15) is 14.0 Å². The molecule has 1 atom stereocenters. The molecule has 0 radical (unpaired) electrons. The number of halogens is 2. The van der Waals surface area contributed by atoms with Crippen molar-refractivity contribution in [3.05, 3.63) is 58.9 Å². The Labute approximate surface area is 168 Å². The number of carbonyl (C=O) groups is 2. The molecule has 1 N–H and O–H groups in total. The number of piperazine rings is 1. The summed E-state index contributed by atoms with van der Waals surface area (Å²) in [5.41, 5.74) is 2.31. The van der Waals surface area contributed by atoms with Crippen molar-refractivity contribution in [1.29, 1.82) is 0 Å². The summed E-state index contributed by atoms with van der Waals surface area (Å²) in [4.78, 5) is 29.7. The van der Waals surface area contributed by atoms with E-state index in [2.05, 4.69) is 11.8 Å². The second-order valence-electron chi connectivity index (χ2n) is 7.35. The van der Waals surface area contributed by atoms with Crippen molar-refractivity contribution in [3.8, 4) is 0 Å². The number of imide groups is 1. The molecular formula is C21H22ClFN3O2+. The Balaban J connectivity index is 1.47. The van der Waals surface area contributed by atoms with Gasteiger partial charge in [-0.15, -0.1) is 0 Å². The van der Waals surface area contributed by atoms with Crippen LogP contribution in [0.1, 0.15) is 12.0 Å². The lowest BCUT2D eigenvalue weighted by molar-refractivity contribution is -0.915. The normalized spacial score (nSPS) is 20.9. The van der Waals surface area contributed by atoms with Crippen molar-refractivity contribution in [2.75, 3.05) is 36.0 Å². The van der Waals surface area contributed by atoms with Gasteiger partial charge in [-0.25, -0.2) is 9.29 Å². The van der Waals surface area contributed by atoms with E-state index in [1.165, 1.54) is 12.1 Å². The molecule has 7 heteroatoms. The number of para-hydroxylation sites is 1. The van der Waals surface area contributed by atoms with Gasteiger partial charge in [0, 0.05) is 10.7 Å². The highest BCUT2D eigenvalue weighted by atomic mass is 35.5. The maximum absolute atomic E-state index is 14.1. The Morgan fingerprint density at radius 1 is 1.07 bits per heavy atom. The van der Waals surface area contributed by atoms with Crippen LogP contribution in [0.5, 0.6) is 0 Å². The Morgan fingerprint density at radius 3 is 2.50 bits per heavy atom. The van der Waals surface area contributed by atoms with E-state index in [1.54, 1.807) is 12.1 Å². The number of amides is 2. The molecule has 2 amide bonds. The highest BCUT2D eigenvalue weighted by molar-refractivity contribution is 6.30. The van der Waals surface area contributed by atoms with Crippen molar-refractivity contribution in [2.45, 2.75) is 19.4 Å². The smallest absolute Gasteiger partial charge is 0.292 e. The zero-order valence-corrected chi connectivity index (χ0v) is 16.4. The molecule has 2 aromatic rings. The summed E-state index contributed by atoms with van der Waals surface area (Å²) in [6.45, 7) is 5.07. The van der Waals surface area contributed by atoms with Crippen molar-refractivity contribution in [1.82, 2.24) is 0 Å². The first kappa shape index (κ1) is 18.9. The van der Waals surface area contributed by atoms with E-state index in [1.807, 2.05) is 18.2 Å². The third-order valence-electron chi connectivity index (χ3n) is 5.65. The predicted molar refractivity (Wildman–Crippen MR) is 106 cm³/mol. The first-order chi connectivity index (χ1) is 13.5. The number of quaternary nitrogens is 1. The number of benzene rings is 2. The van der Waals surface area contributed by atoms with Crippen LogP contribution in [0.3, 0.4) is 0 Å². The van der Waals surface area contributed by atoms with Gasteiger partial charge in [-0.3, -0.25) is 9.59 Å². The fourth-order valence-corrected chi connectivity index (χ4v) is 4.31. The van der Waals surface area contributed by atoms with Crippen LogP contribution >= 0.6 is 11.6 Å². The van der Waals surface area contributed by atoms with Gasteiger partial charge in [0.05, 0.1) is 38.3 Å². The molecule has 2 aliphatic heterocycles. The van der Waals surface area contributed by atoms with Gasteiger partial charge in [0.25, 0.3) is 5.91 Å². The molecule has 4 rings (SSSR count). The third-order valence-corrected chi connectivity index (χ3v) is 5.89. The van der Waals surface area contributed by atoms with Gasteiger partial charge in [0.2, 0.25) is 5.91 Å². The van der Waals surface area contributed by atoms with E-state index in [0.717, 1.165) is 47.2 Å². The average molecular weight is 403 g/mol. The standard InChI is InChI=1S/C21H21ClFN3O2/c1-14-6-7-15(22)12-18(14)24-8-10-25(11-9-24)19-13-20(27)26(21(19)28)17-5-3-2-4-16(17)23/h2-7,12,19H,8-11,13H2,1H3/p+1/t19-/m1/s1. The van der Waals surface area contributed by atoms with Gasteiger partial charge in [0.15, 0.2) is 6.04 Å². The zero-order chi connectivity index (χ0) is 19.8. The molecular weight excluding hydrogens is 381 g/mol. The lowest BCUT2D eigenvalue weighted by Crippen LogP contribution is -3.19. The summed E-state index contributed by atoms with van der Waals surface area (Å²) < 4.78 is 14.1. The second-order valence-corrected chi connectivity index (χ2v) is 7.79. The summed E-state index contributed by atoms with van der Waals surface area (Å²) >= 11 is 6.14. The van der Waals surface area contributed by atoms with Gasteiger partial charge in [-0.1, -0.05) is 29.8 Å². The van der Waals surface area contributed by atoms with E-state index in [-0.39, 0.29) is 23.9 Å². The second kappa shape index (κ2) is 7.53. The van der Waals surface area contributed by atoms with Crippen LogP contribution in [0.4, 0.5) is 15.8 Å². The molecule has 0 unspecified atom stereocenters. The number of carbonyl (C=O) groups excluding carboxylic acids is 2. The van der Waals surface area contributed by atoms with Gasteiger partial charge in [0.1, 0.15) is 5.82 Å². The highest BCUT2D eigenvalue weighted by Gasteiger charge is 2.47. The Kier molecular flexibility index (Phi) is 5.08. The summed E-state index contributed by atoms with van der Waals surface area (Å²) in [5, 5.41) is 0.701. The fourth-order valence-electron chi connectivity index (χ4n) is 4.14. The minimum Gasteiger partial charge on any atom is -0.360 e. The van der Waals surface area contributed by atoms with E-state index < -0.39 is 11.9 Å². The maximum atomic E-state index is 14.1. The number of anilines is 2. The SMILES string of the molecule is Cc1ccc(Cl)cc1N1CC[NH+]([C@@H]2CC(=O)N(c3ccccc3F)C2=O)CC1. The van der Waals surface area contributed by atoms with Crippen molar-refractivity contribution < 1.29 is 18.9 Å². The van der Waals surface area contributed by atoms with Gasteiger partial charge < -0.3 is 9.80 Å². The van der Waals surface area contributed by atoms with Crippen LogP contribution in [0, 0.1) is 12.7 Å². The molecule has 0 aromatic heterocycles. The minimum atomic E-state index is -0.555. The summed E-state index contributed by atoms with van der Waals surface area (Å²) in [6.07, 6.45) is 0.124. The van der Waals surface area contributed by atoms with Crippen LogP contribution in [0.2, 0.25) is 5.02 Å². The molecule has 0 spiro atoms. The zero-order valence-electron chi connectivity index (χ0n) is 15.6. The Morgan fingerprint density at radius 2 is 1.79 bits per heavy atom. The molecule has 2 fully saturated rings. The molecule has 2 aliphatic rings. The number of rotatable bonds is 3. The van der Waals surface area contributed by atoms with Crippen molar-refractivity contribution in [2.24, 2.45) is 0 Å². The molecule has 28 heavy (non-hydrogen) atoms. The lowest BCUT2D eigenvalue weighted by Gasteiger charge is -2.36. The number of nitrogens with zero attached hydrogens (tertiary/aromatic N) is 2. The summed E-state index contributed by atoms with van der Waals surface area (Å²) in [5.74, 6) is -1.20. The topological polar surface area (TPSA) is 45.1 Å². The largest absolute Gasteiger partial charge is 0.360 e. The lowest BCUT2D eigenvalue weighted by atomic mass is 10.1. The fraction of sp³-hybridized carbons (Fsp3) is 0.333. The predicted octanol–water partition coefficient (Wildman–Crippen LogP) is 1.82. The number of hydrogen-bond acceptors (Lipinski definition) is 3. The molecule has 2 aromatic carbocycles. The molecule has 2 heterocycles. The Hall–Kier alpha value is -2.44. The highest BCUT2D eigenvalue weighted by Crippen LogP contribution is 2.26. The van der Waals surface area contributed by atoms with Crippen LogP contribution in [0.25, 0.3) is 0 Å². The number of aryl methyl sites for hydroxylation is 1. The molecule has 146 valence electrons. The maximum Gasteiger partial charge on any atom is 0.292 e. The minimum absolute atomic E-state index is 0.0487. The van der Waals surface area contributed by atoms with Crippen LogP contribution in [0.15, 0.2) is 42.5 Å². The first-order valence-electron chi connectivity index (χ1n) is 9.42. The number of hydrogen-bond donors (Lipinski definition) is 1. The molecule has 0 saturated carbocycles. The van der Waals surface area contributed by atoms with Gasteiger partial charge >= 0.3 is 0 Å². The first-order valence-corrected chi connectivity index (χ1v) is 9.80. The van der Waals surface area contributed by atoms with E-state index >= 15 is 0 Å². The third kappa shape index (κ3) is 3.38. The monoisotopic (exact) mass is 402 g/mol. The van der Waals surface area contributed by atoms with E-state index in [0.29, 0.717) is 5.02 Å². The van der Waals surface area contributed by atoms with Crippen molar-refractivity contribution >= 4 is 34.8 Å². The molecule has 0 bridgehead atoms. The Bertz CT molecular complexity index is 928. The van der Waals surface area contributed by atoms with Crippen molar-refractivity contribution in [3.63, 3.8) is 0 Å². The van der Waals surface area contributed by atoms with E-state index in [4.69, 9.17) is 11.6 Å². The summed E-state index contributed by atoms with van der Waals surface area (Å²) in [6, 6.07) is 11.3. The van der Waals surface area contributed by atoms with Gasteiger partial charge in [-0.2, -0.15) is 0 Å². The summed E-state index contributed by atoms with van der Waals surface area (Å²) in [7, 11) is 0. The molecule has 2 saturated heterocycles. The molecule has 0 aliphatic carbocycles. The van der Waals surface area contributed by atoms with Crippen LogP contribution < -0.4 is 14.7 Å². The molecule has 5 nitrogen and oxygen atoms in total. The quantitative estimate of drug-likeness (QED) is 0.797. The van der Waals surface area contributed by atoms with Gasteiger partial charge in [-0.05, 0) is 36.8 Å². The van der Waals surface area contributed by atoms with Crippen LogP contribution in [-0.4, -0.2) is 44.0 Å². The average Bonchev–Trinajstić information content (AvgIpc) is 2.99. The number of nitrogens with one attached hydrogen (secondary N) is 1. The van der Waals surface area contributed by atoms with Crippen LogP contribution in [-0.2, 0) is 9.59 Å².